The molecular formula is C14H20N4. The van der Waals surface area contributed by atoms with Crippen LogP contribution in [0.15, 0.2) is 18.3 Å². The molecule has 96 valence electrons. The Morgan fingerprint density at radius 3 is 2.39 bits per heavy atom. The van der Waals surface area contributed by atoms with Gasteiger partial charge in [0, 0.05) is 19.3 Å². The van der Waals surface area contributed by atoms with Gasteiger partial charge in [-0.15, -0.1) is 0 Å². The normalized spacial score (nSPS) is 18.7. The van der Waals surface area contributed by atoms with Gasteiger partial charge in [-0.2, -0.15) is 0 Å². The lowest BCUT2D eigenvalue weighted by atomic mass is 10.2. The maximum absolute atomic E-state index is 7.65. The van der Waals surface area contributed by atoms with Crippen molar-refractivity contribution in [3.8, 4) is 0 Å². The highest BCUT2D eigenvalue weighted by molar-refractivity contribution is 5.98. The molecule has 18 heavy (non-hydrogen) atoms. The lowest BCUT2D eigenvalue weighted by molar-refractivity contribution is 0.677. The predicted molar refractivity (Wildman–Crippen MR) is 72.9 cm³/mol. The van der Waals surface area contributed by atoms with Gasteiger partial charge in [0.1, 0.15) is 11.5 Å². The number of aromatic nitrogens is 1. The SMILES string of the molecule is N=C(N)c1ncccc1N(CC1CC1)CC1CC1. The van der Waals surface area contributed by atoms with Crippen molar-refractivity contribution in [2.24, 2.45) is 17.6 Å². The Morgan fingerprint density at radius 2 is 1.89 bits per heavy atom. The van der Waals surface area contributed by atoms with Gasteiger partial charge in [0.15, 0.2) is 0 Å². The summed E-state index contributed by atoms with van der Waals surface area (Å²) in [5.74, 6) is 1.75. The van der Waals surface area contributed by atoms with Crippen LogP contribution in [0.4, 0.5) is 5.69 Å². The third kappa shape index (κ3) is 2.63. The first-order valence-electron chi connectivity index (χ1n) is 6.78. The molecule has 4 nitrogen and oxygen atoms in total. The van der Waals surface area contributed by atoms with Crippen LogP contribution in [0, 0.1) is 17.2 Å². The Labute approximate surface area is 108 Å². The van der Waals surface area contributed by atoms with E-state index in [1.165, 1.54) is 25.7 Å². The van der Waals surface area contributed by atoms with Crippen LogP contribution in [0.1, 0.15) is 31.4 Å². The highest BCUT2D eigenvalue weighted by atomic mass is 15.2. The molecule has 4 heteroatoms. The minimum Gasteiger partial charge on any atom is -0.382 e. The zero-order valence-electron chi connectivity index (χ0n) is 10.6. The van der Waals surface area contributed by atoms with Crippen LogP contribution in [0.25, 0.3) is 0 Å². The van der Waals surface area contributed by atoms with Crippen molar-refractivity contribution < 1.29 is 0 Å². The second-order valence-corrected chi connectivity index (χ2v) is 5.58. The van der Waals surface area contributed by atoms with Crippen molar-refractivity contribution in [3.05, 3.63) is 24.0 Å². The van der Waals surface area contributed by atoms with E-state index in [1.807, 2.05) is 6.07 Å². The van der Waals surface area contributed by atoms with Crippen LogP contribution in [0.3, 0.4) is 0 Å². The van der Waals surface area contributed by atoms with E-state index in [0.29, 0.717) is 5.69 Å². The average molecular weight is 244 g/mol. The molecule has 0 aromatic carbocycles. The molecular weight excluding hydrogens is 224 g/mol. The first-order valence-corrected chi connectivity index (χ1v) is 6.78. The molecule has 0 aliphatic heterocycles. The lowest BCUT2D eigenvalue weighted by Gasteiger charge is -2.26. The largest absolute Gasteiger partial charge is 0.382 e. The van der Waals surface area contributed by atoms with E-state index < -0.39 is 0 Å². The highest BCUT2D eigenvalue weighted by Gasteiger charge is 2.30. The number of nitrogens with two attached hydrogens (primary N) is 1. The quantitative estimate of drug-likeness (QED) is 0.594. The van der Waals surface area contributed by atoms with E-state index in [-0.39, 0.29) is 5.84 Å². The molecule has 1 aromatic heterocycles. The molecule has 0 bridgehead atoms. The maximum Gasteiger partial charge on any atom is 0.143 e. The summed E-state index contributed by atoms with van der Waals surface area (Å²) in [6.45, 7) is 2.20. The van der Waals surface area contributed by atoms with E-state index in [0.717, 1.165) is 30.6 Å². The summed E-state index contributed by atoms with van der Waals surface area (Å²) in [6, 6.07) is 3.99. The Bertz CT molecular complexity index is 435. The van der Waals surface area contributed by atoms with Gasteiger partial charge in [0.25, 0.3) is 0 Å². The fourth-order valence-corrected chi connectivity index (χ4v) is 2.35. The average Bonchev–Trinajstić information content (AvgIpc) is 3.23. The number of anilines is 1. The zero-order chi connectivity index (χ0) is 12.5. The molecule has 1 heterocycles. The van der Waals surface area contributed by atoms with Gasteiger partial charge in [-0.1, -0.05) is 0 Å². The summed E-state index contributed by atoms with van der Waals surface area (Å²) >= 11 is 0. The first kappa shape index (κ1) is 11.5. The number of hydrogen-bond donors (Lipinski definition) is 2. The molecule has 2 aliphatic carbocycles. The third-order valence-corrected chi connectivity index (χ3v) is 3.73. The minimum absolute atomic E-state index is 0.0715. The third-order valence-electron chi connectivity index (χ3n) is 3.73. The molecule has 0 spiro atoms. The maximum atomic E-state index is 7.65. The van der Waals surface area contributed by atoms with E-state index in [4.69, 9.17) is 11.1 Å². The van der Waals surface area contributed by atoms with Gasteiger partial charge in [0.05, 0.1) is 5.69 Å². The van der Waals surface area contributed by atoms with E-state index in [1.54, 1.807) is 6.20 Å². The highest BCUT2D eigenvalue weighted by Crippen LogP contribution is 2.36. The van der Waals surface area contributed by atoms with Gasteiger partial charge in [-0.25, -0.2) is 0 Å². The number of hydrogen-bond acceptors (Lipinski definition) is 3. The van der Waals surface area contributed by atoms with E-state index in [9.17, 15) is 0 Å². The topological polar surface area (TPSA) is 66.0 Å². The Kier molecular flexibility index (Phi) is 2.94. The Morgan fingerprint density at radius 1 is 1.28 bits per heavy atom. The van der Waals surface area contributed by atoms with E-state index >= 15 is 0 Å². The van der Waals surface area contributed by atoms with Crippen LogP contribution in [-0.2, 0) is 0 Å². The van der Waals surface area contributed by atoms with Crippen molar-refractivity contribution in [2.45, 2.75) is 25.7 Å². The van der Waals surface area contributed by atoms with Crippen molar-refractivity contribution in [1.29, 1.82) is 5.41 Å². The van der Waals surface area contributed by atoms with Crippen LogP contribution in [-0.4, -0.2) is 23.9 Å². The van der Waals surface area contributed by atoms with Crippen LogP contribution in [0.2, 0.25) is 0 Å². The molecule has 0 unspecified atom stereocenters. The summed E-state index contributed by atoms with van der Waals surface area (Å²) in [7, 11) is 0. The van der Waals surface area contributed by atoms with Crippen LogP contribution >= 0.6 is 0 Å². The lowest BCUT2D eigenvalue weighted by Crippen LogP contribution is -2.31. The molecule has 3 rings (SSSR count). The number of nitrogen functional groups attached to an aromatic ring is 1. The van der Waals surface area contributed by atoms with Crippen molar-refractivity contribution >= 4 is 11.5 Å². The Balaban J connectivity index is 1.84. The second-order valence-electron chi connectivity index (χ2n) is 5.58. The smallest absolute Gasteiger partial charge is 0.143 e. The van der Waals surface area contributed by atoms with Crippen LogP contribution < -0.4 is 10.6 Å². The molecule has 2 aliphatic rings. The molecule has 0 radical (unpaired) electrons. The van der Waals surface area contributed by atoms with E-state index in [2.05, 4.69) is 16.0 Å². The fourth-order valence-electron chi connectivity index (χ4n) is 2.35. The van der Waals surface area contributed by atoms with Gasteiger partial charge in [0.2, 0.25) is 0 Å². The second kappa shape index (κ2) is 4.59. The minimum atomic E-state index is 0.0715. The molecule has 2 fully saturated rings. The number of amidine groups is 1. The molecule has 0 atom stereocenters. The predicted octanol–water partition coefficient (Wildman–Crippen LogP) is 1.99. The zero-order valence-corrected chi connectivity index (χ0v) is 10.6. The van der Waals surface area contributed by atoms with Crippen molar-refractivity contribution in [3.63, 3.8) is 0 Å². The van der Waals surface area contributed by atoms with Crippen molar-refractivity contribution in [2.75, 3.05) is 18.0 Å². The fraction of sp³-hybridized carbons (Fsp3) is 0.571. The first-order chi connectivity index (χ1) is 8.74. The summed E-state index contributed by atoms with van der Waals surface area (Å²) in [6.07, 6.45) is 7.09. The number of rotatable bonds is 6. The Hall–Kier alpha value is -1.58. The number of pyridine rings is 1. The molecule has 3 N–H and O–H groups in total. The molecule has 0 amide bonds. The van der Waals surface area contributed by atoms with Gasteiger partial charge >= 0.3 is 0 Å². The van der Waals surface area contributed by atoms with Crippen molar-refractivity contribution in [1.82, 2.24) is 4.98 Å². The van der Waals surface area contributed by atoms with Gasteiger partial charge in [-0.3, -0.25) is 10.4 Å². The number of nitrogens with zero attached hydrogens (tertiary/aromatic N) is 2. The van der Waals surface area contributed by atoms with Gasteiger partial charge in [-0.05, 0) is 49.7 Å². The molecule has 1 aromatic rings. The summed E-state index contributed by atoms with van der Waals surface area (Å²) in [5.41, 5.74) is 7.32. The molecule has 0 saturated heterocycles. The summed E-state index contributed by atoms with van der Waals surface area (Å²) in [4.78, 5) is 6.67. The number of nitrogens with one attached hydrogen (secondary N) is 1. The van der Waals surface area contributed by atoms with Crippen LogP contribution in [0.5, 0.6) is 0 Å². The summed E-state index contributed by atoms with van der Waals surface area (Å²) in [5, 5.41) is 7.65. The summed E-state index contributed by atoms with van der Waals surface area (Å²) < 4.78 is 0. The van der Waals surface area contributed by atoms with Gasteiger partial charge < -0.3 is 10.6 Å². The molecule has 2 saturated carbocycles. The standard InChI is InChI=1S/C14H20N4/c15-14(16)13-12(2-1-7-17-13)18(8-10-3-4-10)9-11-5-6-11/h1-2,7,10-11H,3-6,8-9H2,(H3,15,16). The monoisotopic (exact) mass is 244 g/mol.